The molecule has 3 heterocycles. The SMILES string of the molecule is C[C@H]([C@H]1C(=O)N2C(C(=O)OC(=O)c3ccc([N+](=O)[O-])cc3)=C(OP(=O)(Oc3ccccc3)Oc3ccccc3)[C@H](C)[C@H]12)n1ncnn1. The molecule has 0 bridgehead atoms. The molecule has 17 heteroatoms. The lowest BCUT2D eigenvalue weighted by Crippen LogP contribution is -2.62. The van der Waals surface area contributed by atoms with Crippen LogP contribution in [-0.2, 0) is 23.4 Å². The smallest absolute Gasteiger partial charge is 0.388 e. The van der Waals surface area contributed by atoms with Gasteiger partial charge in [0.25, 0.3) is 5.69 Å². The van der Waals surface area contributed by atoms with Crippen molar-refractivity contribution in [2.24, 2.45) is 11.8 Å². The topological polar surface area (TPSA) is 195 Å². The second kappa shape index (κ2) is 12.5. The Labute approximate surface area is 266 Å². The molecule has 47 heavy (non-hydrogen) atoms. The molecule has 1 fully saturated rings. The van der Waals surface area contributed by atoms with Crippen LogP contribution >= 0.6 is 7.82 Å². The Hall–Kier alpha value is -5.89. The van der Waals surface area contributed by atoms with Crippen LogP contribution in [0.5, 0.6) is 11.5 Å². The number of carbonyl (C=O) groups is 3. The van der Waals surface area contributed by atoms with E-state index in [2.05, 4.69) is 15.4 Å². The number of hydrogen-bond acceptors (Lipinski definition) is 13. The molecule has 2 aliphatic heterocycles. The van der Waals surface area contributed by atoms with Gasteiger partial charge in [0.15, 0.2) is 12.0 Å². The third-order valence-corrected chi connectivity index (χ3v) is 8.95. The molecule has 6 rings (SSSR count). The summed E-state index contributed by atoms with van der Waals surface area (Å²) in [7, 11) is -4.66. The fourth-order valence-electron chi connectivity index (χ4n) is 5.45. The number of non-ortho nitro benzene ring substituents is 1. The Kier molecular flexibility index (Phi) is 8.26. The van der Waals surface area contributed by atoms with Crippen molar-refractivity contribution in [3.8, 4) is 11.5 Å². The second-order valence-corrected chi connectivity index (χ2v) is 12.0. The molecule has 0 spiro atoms. The molecule has 2 aliphatic rings. The summed E-state index contributed by atoms with van der Waals surface area (Å²) in [6.07, 6.45) is 1.22. The predicted octanol–water partition coefficient (Wildman–Crippen LogP) is 4.50. The maximum atomic E-state index is 14.4. The number of nitrogens with zero attached hydrogens (tertiary/aromatic N) is 6. The first kappa shape index (κ1) is 31.1. The number of β-lactam (4-membered cyclic amide) rings is 1. The summed E-state index contributed by atoms with van der Waals surface area (Å²) in [5.41, 5.74) is -0.926. The molecule has 4 atom stereocenters. The number of rotatable bonds is 11. The Morgan fingerprint density at radius 1 is 0.915 bits per heavy atom. The van der Waals surface area contributed by atoms with Gasteiger partial charge in [-0.05, 0) is 48.5 Å². The van der Waals surface area contributed by atoms with E-state index < -0.39 is 60.2 Å². The van der Waals surface area contributed by atoms with Crippen molar-refractivity contribution < 1.29 is 42.2 Å². The number of nitro benzene ring substituents is 1. The molecule has 4 aromatic rings. The highest BCUT2D eigenvalue weighted by Crippen LogP contribution is 2.57. The fraction of sp³-hybridized carbons (Fsp3) is 0.200. The quantitative estimate of drug-likeness (QED) is 0.0545. The minimum absolute atomic E-state index is 0.124. The van der Waals surface area contributed by atoms with Gasteiger partial charge in [-0.2, -0.15) is 9.36 Å². The summed E-state index contributed by atoms with van der Waals surface area (Å²) in [6, 6.07) is 19.1. The van der Waals surface area contributed by atoms with Crippen molar-refractivity contribution >= 4 is 31.4 Å². The van der Waals surface area contributed by atoms with Crippen LogP contribution in [0.15, 0.2) is 103 Å². The highest BCUT2D eigenvalue weighted by molar-refractivity contribution is 7.49. The average Bonchev–Trinajstić information content (AvgIpc) is 3.68. The lowest BCUT2D eigenvalue weighted by molar-refractivity contribution is -0.384. The van der Waals surface area contributed by atoms with Gasteiger partial charge in [-0.3, -0.25) is 19.8 Å². The Morgan fingerprint density at radius 2 is 1.51 bits per heavy atom. The number of hydrogen-bond donors (Lipinski definition) is 0. The van der Waals surface area contributed by atoms with Crippen LogP contribution in [-0.4, -0.2) is 53.9 Å². The maximum absolute atomic E-state index is 14.4. The lowest BCUT2D eigenvalue weighted by atomic mass is 9.78. The molecule has 0 aliphatic carbocycles. The Bertz CT molecular complexity index is 1860. The van der Waals surface area contributed by atoms with Crippen LogP contribution in [0.3, 0.4) is 0 Å². The number of phosphoric acid groups is 1. The van der Waals surface area contributed by atoms with E-state index in [0.717, 1.165) is 29.2 Å². The zero-order chi connectivity index (χ0) is 33.3. The summed E-state index contributed by atoms with van der Waals surface area (Å²) in [4.78, 5) is 53.0. The number of carbonyl (C=O) groups excluding carboxylic acids is 3. The van der Waals surface area contributed by atoms with Crippen LogP contribution in [0.2, 0.25) is 0 Å². The summed E-state index contributed by atoms with van der Waals surface area (Å²) in [5, 5.41) is 22.6. The number of esters is 2. The van der Waals surface area contributed by atoms with Crippen LogP contribution < -0.4 is 9.05 Å². The Morgan fingerprint density at radius 3 is 2.04 bits per heavy atom. The van der Waals surface area contributed by atoms with E-state index in [4.69, 9.17) is 18.3 Å². The second-order valence-electron chi connectivity index (χ2n) is 10.6. The van der Waals surface area contributed by atoms with Crippen molar-refractivity contribution in [3.63, 3.8) is 0 Å². The molecule has 240 valence electrons. The van der Waals surface area contributed by atoms with Crippen LogP contribution in [0.4, 0.5) is 5.69 Å². The predicted molar refractivity (Wildman–Crippen MR) is 159 cm³/mol. The first-order valence-electron chi connectivity index (χ1n) is 14.2. The number of phosphoric ester groups is 1. The van der Waals surface area contributed by atoms with Gasteiger partial charge < -0.3 is 18.3 Å². The van der Waals surface area contributed by atoms with Gasteiger partial charge in [0.1, 0.15) is 17.3 Å². The molecule has 3 aromatic carbocycles. The average molecular weight is 661 g/mol. The molecular formula is C30H25N6O10P. The standard InChI is InChI=1S/C30H25N6O10P/c1-18-25-24(19(2)35-32-17-31-33-35)28(37)34(25)26(30(39)43-29(38)20-13-15-21(16-14-20)36(40)41)27(18)46-47(42,44-22-9-5-3-6-10-22)45-23-11-7-4-8-12-23/h3-19,24-25H,1-2H3/t18-,19-,24-,25-/m1/s1. The van der Waals surface area contributed by atoms with E-state index in [-0.39, 0.29) is 28.5 Å². The lowest BCUT2D eigenvalue weighted by Gasteiger charge is -2.46. The van der Waals surface area contributed by atoms with Gasteiger partial charge in [0.05, 0.1) is 28.5 Å². The van der Waals surface area contributed by atoms with Crippen LogP contribution in [0.1, 0.15) is 30.2 Å². The third kappa shape index (κ3) is 6.05. The Balaban J connectivity index is 1.37. The van der Waals surface area contributed by atoms with Crippen LogP contribution in [0.25, 0.3) is 0 Å². The molecular weight excluding hydrogens is 635 g/mol. The molecule has 1 aromatic heterocycles. The van der Waals surface area contributed by atoms with Crippen LogP contribution in [0, 0.1) is 22.0 Å². The molecule has 0 unspecified atom stereocenters. The van der Waals surface area contributed by atoms with Gasteiger partial charge in [0, 0.05) is 18.1 Å². The van der Waals surface area contributed by atoms with E-state index in [1.54, 1.807) is 50.2 Å². The first-order valence-corrected chi connectivity index (χ1v) is 15.6. The number of ether oxygens (including phenoxy) is 1. The molecule has 0 saturated carbocycles. The minimum Gasteiger partial charge on any atom is -0.388 e. The van der Waals surface area contributed by atoms with E-state index >= 15 is 0 Å². The summed E-state index contributed by atoms with van der Waals surface area (Å²) in [5.74, 6) is -4.59. The van der Waals surface area contributed by atoms with Crippen molar-refractivity contribution in [1.29, 1.82) is 0 Å². The highest BCUT2D eigenvalue weighted by atomic mass is 31.2. The maximum Gasteiger partial charge on any atom is 0.646 e. The summed E-state index contributed by atoms with van der Waals surface area (Å²) < 4.78 is 37.0. The number of fused-ring (bicyclic) bond motifs is 1. The van der Waals surface area contributed by atoms with Gasteiger partial charge in [-0.1, -0.05) is 43.3 Å². The molecule has 1 amide bonds. The summed E-state index contributed by atoms with van der Waals surface area (Å²) >= 11 is 0. The number of tetrazole rings is 1. The summed E-state index contributed by atoms with van der Waals surface area (Å²) in [6.45, 7) is 3.34. The zero-order valence-electron chi connectivity index (χ0n) is 24.7. The van der Waals surface area contributed by atoms with Crippen molar-refractivity contribution in [1.82, 2.24) is 25.1 Å². The monoisotopic (exact) mass is 660 g/mol. The number of amides is 1. The van der Waals surface area contributed by atoms with E-state index in [1.165, 1.54) is 35.4 Å². The normalized spacial score (nSPS) is 19.3. The molecule has 16 nitrogen and oxygen atoms in total. The largest absolute Gasteiger partial charge is 0.646 e. The molecule has 0 N–H and O–H groups in total. The highest BCUT2D eigenvalue weighted by Gasteiger charge is 2.63. The van der Waals surface area contributed by atoms with Gasteiger partial charge in [-0.25, -0.2) is 9.59 Å². The number of aromatic nitrogens is 4. The van der Waals surface area contributed by atoms with Crippen molar-refractivity contribution in [3.05, 3.63) is 118 Å². The molecule has 1 saturated heterocycles. The van der Waals surface area contributed by atoms with Gasteiger partial charge in [0.2, 0.25) is 5.91 Å². The number of benzene rings is 3. The van der Waals surface area contributed by atoms with E-state index in [1.807, 2.05) is 0 Å². The van der Waals surface area contributed by atoms with E-state index in [0.29, 0.717) is 0 Å². The molecule has 0 radical (unpaired) electrons. The fourth-order valence-corrected chi connectivity index (χ4v) is 6.81. The van der Waals surface area contributed by atoms with Crippen molar-refractivity contribution in [2.75, 3.05) is 0 Å². The number of para-hydroxylation sites is 2. The zero-order valence-corrected chi connectivity index (χ0v) is 25.6. The van der Waals surface area contributed by atoms with Gasteiger partial charge >= 0.3 is 19.8 Å². The first-order chi connectivity index (χ1) is 22.6. The van der Waals surface area contributed by atoms with Gasteiger partial charge in [-0.15, -0.1) is 10.2 Å². The van der Waals surface area contributed by atoms with E-state index in [9.17, 15) is 29.1 Å². The third-order valence-electron chi connectivity index (χ3n) is 7.66. The minimum atomic E-state index is -4.66. The number of nitro groups is 1. The van der Waals surface area contributed by atoms with Crippen molar-refractivity contribution in [2.45, 2.75) is 25.9 Å².